The fourth-order valence-corrected chi connectivity index (χ4v) is 4.63. The van der Waals surface area contributed by atoms with E-state index in [9.17, 15) is 0 Å². The third-order valence-corrected chi connectivity index (χ3v) is 6.47. The monoisotopic (exact) mass is 446 g/mol. The van der Waals surface area contributed by atoms with Crippen LogP contribution in [0.25, 0.3) is 23.3 Å². The molecule has 2 aliphatic carbocycles. The molecule has 0 saturated heterocycles. The summed E-state index contributed by atoms with van der Waals surface area (Å²) >= 11 is 0. The quantitative estimate of drug-likeness (QED) is 0.519. The minimum atomic E-state index is 0. The van der Waals surface area contributed by atoms with Crippen LogP contribution in [0.4, 0.5) is 0 Å². The first-order valence-corrected chi connectivity index (χ1v) is 10.8. The number of hydrogen-bond donors (Lipinski definition) is 0. The zero-order valence-electron chi connectivity index (χ0n) is 17.6. The summed E-state index contributed by atoms with van der Waals surface area (Å²) in [5.41, 5.74) is 6.92. The molecule has 0 bridgehead atoms. The van der Waals surface area contributed by atoms with E-state index in [1.807, 2.05) is 0 Å². The van der Waals surface area contributed by atoms with E-state index in [2.05, 4.69) is 75.4 Å². The molecule has 0 nitrogen and oxygen atoms in total. The van der Waals surface area contributed by atoms with Crippen molar-refractivity contribution in [2.45, 2.75) is 65.2 Å². The van der Waals surface area contributed by atoms with Gasteiger partial charge in [0.15, 0.2) is 0 Å². The van der Waals surface area contributed by atoms with E-state index < -0.39 is 0 Å². The summed E-state index contributed by atoms with van der Waals surface area (Å²) in [6.45, 7) is 6.79. The first-order valence-electron chi connectivity index (χ1n) is 10.8. The summed E-state index contributed by atoms with van der Waals surface area (Å²) in [7, 11) is 0. The summed E-state index contributed by atoms with van der Waals surface area (Å²) in [6, 6.07) is 13.9. The van der Waals surface area contributed by atoms with Gasteiger partial charge in [0.05, 0.1) is 0 Å². The van der Waals surface area contributed by atoms with Crippen LogP contribution >= 0.6 is 0 Å². The number of benzene rings is 2. The van der Waals surface area contributed by atoms with Crippen molar-refractivity contribution in [3.63, 3.8) is 0 Å². The van der Waals surface area contributed by atoms with Crippen molar-refractivity contribution in [1.29, 1.82) is 0 Å². The minimum absolute atomic E-state index is 0. The van der Waals surface area contributed by atoms with Crippen LogP contribution in [0.3, 0.4) is 0 Å². The van der Waals surface area contributed by atoms with E-state index >= 15 is 0 Å². The molecule has 28 heavy (non-hydrogen) atoms. The summed E-state index contributed by atoms with van der Waals surface area (Å²) in [4.78, 5) is 0. The Balaban J connectivity index is 0.00000225. The predicted octanol–water partition coefficient (Wildman–Crippen LogP) is 6.25. The van der Waals surface area contributed by atoms with Gasteiger partial charge in [-0.05, 0) is 88.4 Å². The van der Waals surface area contributed by atoms with Gasteiger partial charge in [-0.2, -0.15) is 0 Å². The van der Waals surface area contributed by atoms with Crippen LogP contribution in [-0.2, 0) is 26.2 Å². The minimum Gasteiger partial charge on any atom is -0.0741 e. The van der Waals surface area contributed by atoms with E-state index in [1.54, 1.807) is 0 Å². The van der Waals surface area contributed by atoms with Gasteiger partial charge in [0.1, 0.15) is 0 Å². The molecule has 1 heteroatoms. The maximum Gasteiger partial charge on any atom is 0 e. The number of hydrogen-bond acceptors (Lipinski definition) is 0. The Labute approximate surface area is 189 Å². The van der Waals surface area contributed by atoms with Gasteiger partial charge in [-0.1, -0.05) is 75.6 Å². The molecular weight excluding hydrogens is 416 g/mol. The number of allylic oxidation sites excluding steroid dienone is 2. The van der Waals surface area contributed by atoms with Crippen molar-refractivity contribution in [3.8, 4) is 11.1 Å². The van der Waals surface area contributed by atoms with Crippen LogP contribution in [-0.4, -0.2) is 0 Å². The molecule has 0 aromatic heterocycles. The van der Waals surface area contributed by atoms with E-state index in [0.29, 0.717) is 5.92 Å². The standard InChI is InChI=1S/C27H32.Zr/c1-4-20(3)23-10-12-24(13-11-23)26-15-19(2)14-25-17-22(18-27(25)26)16-21-8-6-5-7-9-21;/h10-18,20-21H,4-9H2,1-3H3;. The third kappa shape index (κ3) is 4.68. The van der Waals surface area contributed by atoms with E-state index in [4.69, 9.17) is 0 Å². The van der Waals surface area contributed by atoms with Gasteiger partial charge in [-0.25, -0.2) is 0 Å². The number of rotatable bonds is 4. The smallest absolute Gasteiger partial charge is 0 e. The Kier molecular flexibility index (Phi) is 7.32. The second-order valence-corrected chi connectivity index (χ2v) is 8.60. The molecule has 2 aromatic rings. The molecule has 0 N–H and O–H groups in total. The zero-order chi connectivity index (χ0) is 18.8. The van der Waals surface area contributed by atoms with Gasteiger partial charge in [-0.15, -0.1) is 0 Å². The summed E-state index contributed by atoms with van der Waals surface area (Å²) < 4.78 is 0. The first-order chi connectivity index (χ1) is 13.1. The van der Waals surface area contributed by atoms with Crippen molar-refractivity contribution < 1.29 is 26.2 Å². The SMILES string of the molecule is CCC(C)c1ccc(-c2cc(C)cc3c2=CC(=CC2CCCCC2)C=3)cc1.[Zr]. The van der Waals surface area contributed by atoms with E-state index in [0.717, 1.165) is 5.92 Å². The molecule has 1 saturated carbocycles. The van der Waals surface area contributed by atoms with Crippen molar-refractivity contribution in [3.05, 3.63) is 69.6 Å². The molecule has 0 aliphatic heterocycles. The fourth-order valence-electron chi connectivity index (χ4n) is 4.63. The molecule has 0 amide bonds. The summed E-state index contributed by atoms with van der Waals surface area (Å²) in [5, 5.41) is 2.79. The van der Waals surface area contributed by atoms with Crippen LogP contribution in [0.1, 0.15) is 69.4 Å². The van der Waals surface area contributed by atoms with Crippen LogP contribution in [0.15, 0.2) is 48.0 Å². The van der Waals surface area contributed by atoms with Gasteiger partial charge in [0, 0.05) is 26.2 Å². The average Bonchev–Trinajstić information content (AvgIpc) is 3.09. The van der Waals surface area contributed by atoms with Gasteiger partial charge >= 0.3 is 0 Å². The summed E-state index contributed by atoms with van der Waals surface area (Å²) in [6.07, 6.45) is 15.5. The second-order valence-electron chi connectivity index (χ2n) is 8.60. The Morgan fingerprint density at radius 1 is 1.00 bits per heavy atom. The topological polar surface area (TPSA) is 0 Å². The molecule has 1 atom stereocenters. The van der Waals surface area contributed by atoms with E-state index in [1.165, 1.54) is 76.8 Å². The zero-order valence-corrected chi connectivity index (χ0v) is 20.1. The summed E-state index contributed by atoms with van der Waals surface area (Å²) in [5.74, 6) is 1.40. The molecule has 0 heterocycles. The third-order valence-electron chi connectivity index (χ3n) is 6.47. The maximum atomic E-state index is 2.53. The van der Waals surface area contributed by atoms with Crippen molar-refractivity contribution >= 4 is 12.2 Å². The van der Waals surface area contributed by atoms with E-state index in [-0.39, 0.29) is 26.2 Å². The van der Waals surface area contributed by atoms with Crippen LogP contribution in [0.2, 0.25) is 0 Å². The maximum absolute atomic E-state index is 2.53. The van der Waals surface area contributed by atoms with Crippen molar-refractivity contribution in [2.75, 3.05) is 0 Å². The van der Waals surface area contributed by atoms with Crippen molar-refractivity contribution in [2.24, 2.45) is 5.92 Å². The van der Waals surface area contributed by atoms with Crippen molar-refractivity contribution in [1.82, 2.24) is 0 Å². The van der Waals surface area contributed by atoms with Gasteiger partial charge in [-0.3, -0.25) is 0 Å². The Morgan fingerprint density at radius 3 is 2.39 bits per heavy atom. The Hall–Kier alpha value is -1.20. The Morgan fingerprint density at radius 2 is 1.71 bits per heavy atom. The first kappa shape index (κ1) is 21.5. The molecule has 144 valence electrons. The van der Waals surface area contributed by atoms with Crippen LogP contribution < -0.4 is 10.4 Å². The number of fused-ring (bicyclic) bond motifs is 1. The molecule has 4 rings (SSSR count). The van der Waals surface area contributed by atoms with Gasteiger partial charge in [0.25, 0.3) is 0 Å². The molecule has 2 aliphatic rings. The predicted molar refractivity (Wildman–Crippen MR) is 118 cm³/mol. The number of aryl methyl sites for hydroxylation is 1. The van der Waals surface area contributed by atoms with Crippen LogP contribution in [0.5, 0.6) is 0 Å². The second kappa shape index (κ2) is 9.53. The Bertz CT molecular complexity index is 957. The largest absolute Gasteiger partial charge is 0.0741 e. The molecule has 1 fully saturated rings. The van der Waals surface area contributed by atoms with Gasteiger partial charge in [0.2, 0.25) is 0 Å². The average molecular weight is 448 g/mol. The normalized spacial score (nSPS) is 18.8. The molecule has 0 spiro atoms. The fraction of sp³-hybridized carbons (Fsp3) is 0.407. The molecule has 2 aromatic carbocycles. The van der Waals surface area contributed by atoms with Crippen LogP contribution in [0, 0.1) is 12.8 Å². The molecular formula is C27H32Zr. The molecule has 1 unspecified atom stereocenters. The van der Waals surface area contributed by atoms with Gasteiger partial charge < -0.3 is 0 Å². The molecule has 0 radical (unpaired) electrons.